The number of hydrogen-bond donors (Lipinski definition) is 0. The van der Waals surface area contributed by atoms with Crippen LogP contribution in [0.3, 0.4) is 0 Å². The smallest absolute Gasteiger partial charge is 0.124 e. The van der Waals surface area contributed by atoms with Crippen molar-refractivity contribution in [2.75, 3.05) is 0 Å². The molecule has 0 atom stereocenters. The molecule has 0 aliphatic carbocycles. The van der Waals surface area contributed by atoms with Crippen LogP contribution in [0.2, 0.25) is 0 Å². The predicted molar refractivity (Wildman–Crippen MR) is 121 cm³/mol. The summed E-state index contributed by atoms with van der Waals surface area (Å²) in [6.45, 7) is 0. The average Bonchev–Trinajstić information content (AvgIpc) is 2.81. The summed E-state index contributed by atoms with van der Waals surface area (Å²) >= 11 is 0. The van der Waals surface area contributed by atoms with Crippen LogP contribution in [0.25, 0.3) is 10.8 Å². The second-order valence-electron chi connectivity index (χ2n) is 6.95. The fourth-order valence-electron chi connectivity index (χ4n) is 3.01. The number of rotatable bonds is 6. The van der Waals surface area contributed by atoms with E-state index < -0.39 is 30.0 Å². The third-order valence-corrected chi connectivity index (χ3v) is 6.33. The van der Waals surface area contributed by atoms with Crippen LogP contribution in [0.1, 0.15) is 0 Å². The Labute approximate surface area is 194 Å². The molecule has 0 bridgehead atoms. The predicted octanol–water partition coefficient (Wildman–Crippen LogP) is 5.48. The van der Waals surface area contributed by atoms with Crippen LogP contribution in [0.4, 0.5) is 22.7 Å². The molecule has 4 aromatic carbocycles. The molecule has 0 heterocycles. The van der Waals surface area contributed by atoms with Gasteiger partial charge in [-0.1, -0.05) is 30.3 Å². The van der Waals surface area contributed by atoms with E-state index in [0.29, 0.717) is 22.1 Å². The van der Waals surface area contributed by atoms with Crippen molar-refractivity contribution in [2.45, 2.75) is 9.79 Å². The van der Waals surface area contributed by atoms with Gasteiger partial charge in [0.15, 0.2) is 0 Å². The molecular formula is C22H14N4O6S2-2. The standard InChI is InChI=1S/C22H16N4O6S2/c27-33(28,29)18-9-7-17(8-10-18)24-26-22-20-12-11-19(34(30,31)32)14-15(20)6-13-21(22)25-23-16-4-2-1-3-5-16/h1-14H,(H,27,28,29)(H,30,31,32)/p-2. The van der Waals surface area contributed by atoms with Crippen molar-refractivity contribution in [1.29, 1.82) is 0 Å². The highest BCUT2D eigenvalue weighted by Crippen LogP contribution is 2.38. The van der Waals surface area contributed by atoms with Gasteiger partial charge in [-0.05, 0) is 60.0 Å². The molecule has 4 rings (SSSR count). The number of nitrogens with zero attached hydrogens (tertiary/aromatic N) is 4. The molecule has 0 saturated carbocycles. The van der Waals surface area contributed by atoms with Crippen LogP contribution in [-0.4, -0.2) is 25.9 Å². The molecule has 0 aromatic heterocycles. The molecule has 0 spiro atoms. The molecule has 0 aliphatic rings. The summed E-state index contributed by atoms with van der Waals surface area (Å²) < 4.78 is 67.5. The second kappa shape index (κ2) is 9.19. The van der Waals surface area contributed by atoms with Crippen molar-refractivity contribution in [3.63, 3.8) is 0 Å². The Balaban J connectivity index is 1.81. The van der Waals surface area contributed by atoms with E-state index in [1.807, 2.05) is 6.07 Å². The minimum absolute atomic E-state index is 0.243. The lowest BCUT2D eigenvalue weighted by Gasteiger charge is -2.10. The Kier molecular flexibility index (Phi) is 6.30. The first kappa shape index (κ1) is 23.3. The monoisotopic (exact) mass is 494 g/mol. The van der Waals surface area contributed by atoms with E-state index in [9.17, 15) is 25.9 Å². The molecule has 0 saturated heterocycles. The van der Waals surface area contributed by atoms with Gasteiger partial charge in [0, 0.05) is 5.39 Å². The summed E-state index contributed by atoms with van der Waals surface area (Å²) in [6.07, 6.45) is 0. The van der Waals surface area contributed by atoms with E-state index in [1.54, 1.807) is 36.4 Å². The number of fused-ring (bicyclic) bond motifs is 1. The van der Waals surface area contributed by atoms with Gasteiger partial charge in [0.2, 0.25) is 0 Å². The van der Waals surface area contributed by atoms with E-state index >= 15 is 0 Å². The maximum absolute atomic E-state index is 11.4. The maximum Gasteiger partial charge on any atom is 0.124 e. The Morgan fingerprint density at radius 1 is 0.559 bits per heavy atom. The normalized spacial score (nSPS) is 12.6. The summed E-state index contributed by atoms with van der Waals surface area (Å²) in [7, 11) is -9.25. The van der Waals surface area contributed by atoms with Crippen LogP contribution in [0, 0.1) is 0 Å². The van der Waals surface area contributed by atoms with Crippen molar-refractivity contribution in [2.24, 2.45) is 20.5 Å². The van der Waals surface area contributed by atoms with E-state index in [1.165, 1.54) is 24.3 Å². The van der Waals surface area contributed by atoms with Crippen molar-refractivity contribution in [3.05, 3.63) is 84.9 Å². The van der Waals surface area contributed by atoms with Gasteiger partial charge >= 0.3 is 0 Å². The summed E-state index contributed by atoms with van der Waals surface area (Å²) in [6, 6.07) is 20.7. The largest absolute Gasteiger partial charge is 0.744 e. The lowest BCUT2D eigenvalue weighted by atomic mass is 10.1. The Bertz CT molecular complexity index is 1630. The van der Waals surface area contributed by atoms with Crippen molar-refractivity contribution >= 4 is 53.8 Å². The molecule has 34 heavy (non-hydrogen) atoms. The van der Waals surface area contributed by atoms with Gasteiger partial charge < -0.3 is 9.11 Å². The van der Waals surface area contributed by atoms with E-state index in [-0.39, 0.29) is 11.4 Å². The summed E-state index contributed by atoms with van der Waals surface area (Å²) in [5.74, 6) is 0. The molecular weight excluding hydrogens is 480 g/mol. The maximum atomic E-state index is 11.4. The number of azo groups is 2. The van der Waals surface area contributed by atoms with Crippen LogP contribution in [0.5, 0.6) is 0 Å². The minimum atomic E-state index is -4.66. The van der Waals surface area contributed by atoms with Crippen LogP contribution >= 0.6 is 0 Å². The van der Waals surface area contributed by atoms with Gasteiger partial charge in [-0.25, -0.2) is 16.8 Å². The molecule has 0 fully saturated rings. The molecule has 0 aliphatic heterocycles. The zero-order chi connectivity index (χ0) is 24.3. The van der Waals surface area contributed by atoms with Crippen molar-refractivity contribution < 1.29 is 25.9 Å². The molecule has 0 radical (unpaired) electrons. The topological polar surface area (TPSA) is 164 Å². The Morgan fingerprint density at radius 3 is 1.79 bits per heavy atom. The lowest BCUT2D eigenvalue weighted by Crippen LogP contribution is -1.97. The van der Waals surface area contributed by atoms with Gasteiger partial charge in [-0.3, -0.25) is 0 Å². The molecule has 10 nitrogen and oxygen atoms in total. The van der Waals surface area contributed by atoms with Crippen molar-refractivity contribution in [1.82, 2.24) is 0 Å². The van der Waals surface area contributed by atoms with Gasteiger partial charge in [0.25, 0.3) is 0 Å². The van der Waals surface area contributed by atoms with E-state index in [2.05, 4.69) is 20.5 Å². The van der Waals surface area contributed by atoms with Crippen molar-refractivity contribution in [3.8, 4) is 0 Å². The third-order valence-electron chi connectivity index (χ3n) is 4.65. The first-order valence-electron chi connectivity index (χ1n) is 9.58. The van der Waals surface area contributed by atoms with E-state index in [4.69, 9.17) is 0 Å². The fourth-order valence-corrected chi connectivity index (χ4v) is 3.99. The highest BCUT2D eigenvalue weighted by molar-refractivity contribution is 7.86. The molecule has 12 heteroatoms. The first-order chi connectivity index (χ1) is 16.1. The highest BCUT2D eigenvalue weighted by Gasteiger charge is 2.11. The van der Waals surface area contributed by atoms with Crippen LogP contribution in [-0.2, 0) is 20.2 Å². The third kappa shape index (κ3) is 5.38. The summed E-state index contributed by atoms with van der Waals surface area (Å²) in [4.78, 5) is -0.795. The Morgan fingerprint density at radius 2 is 1.15 bits per heavy atom. The van der Waals surface area contributed by atoms with Gasteiger partial charge in [-0.2, -0.15) is 10.2 Å². The summed E-state index contributed by atoms with van der Waals surface area (Å²) in [5, 5.41) is 17.6. The first-order valence-corrected chi connectivity index (χ1v) is 12.4. The van der Waals surface area contributed by atoms with Gasteiger partial charge in [-0.15, -0.1) is 10.2 Å². The van der Waals surface area contributed by atoms with Gasteiger partial charge in [0.1, 0.15) is 31.6 Å². The number of hydrogen-bond acceptors (Lipinski definition) is 10. The lowest BCUT2D eigenvalue weighted by molar-refractivity contribution is 0.461. The zero-order valence-electron chi connectivity index (χ0n) is 17.1. The second-order valence-corrected chi connectivity index (χ2v) is 9.71. The Hall–Kier alpha value is -3.84. The average molecular weight is 495 g/mol. The van der Waals surface area contributed by atoms with Gasteiger partial charge in [0.05, 0.1) is 21.2 Å². The van der Waals surface area contributed by atoms with Crippen LogP contribution < -0.4 is 0 Å². The molecule has 4 aromatic rings. The molecule has 0 unspecified atom stereocenters. The quantitative estimate of drug-likeness (QED) is 0.254. The highest BCUT2D eigenvalue weighted by atomic mass is 32.2. The molecule has 0 N–H and O–H groups in total. The molecule has 0 amide bonds. The van der Waals surface area contributed by atoms with E-state index in [0.717, 1.165) is 18.2 Å². The summed E-state index contributed by atoms with van der Waals surface area (Å²) in [5.41, 5.74) is 1.41. The number of benzene rings is 4. The van der Waals surface area contributed by atoms with Crippen LogP contribution in [0.15, 0.2) is 115 Å². The molecule has 172 valence electrons. The minimum Gasteiger partial charge on any atom is -0.744 e. The fraction of sp³-hybridized carbons (Fsp3) is 0. The SMILES string of the molecule is O=S(=O)([O-])c1ccc(N=Nc2c(N=Nc3ccccc3)ccc3cc(S(=O)(=O)[O-])ccc23)cc1. The zero-order valence-corrected chi connectivity index (χ0v) is 18.8.